The highest BCUT2D eigenvalue weighted by molar-refractivity contribution is 7.84. The topological polar surface area (TPSA) is 89.3 Å². The Labute approximate surface area is 129 Å². The molecule has 114 valence electrons. The van der Waals surface area contributed by atoms with Gasteiger partial charge in [-0.15, -0.1) is 0 Å². The summed E-state index contributed by atoms with van der Waals surface area (Å²) in [5.74, 6) is -0.349. The van der Waals surface area contributed by atoms with Crippen molar-refractivity contribution in [1.29, 1.82) is 0 Å². The molecule has 0 saturated heterocycles. The van der Waals surface area contributed by atoms with Crippen LogP contribution in [-0.2, 0) is 10.8 Å². The van der Waals surface area contributed by atoms with Crippen LogP contribution in [0.25, 0.3) is 0 Å². The van der Waals surface area contributed by atoms with Crippen molar-refractivity contribution in [3.8, 4) is 0 Å². The molecule has 7 heteroatoms. The summed E-state index contributed by atoms with van der Waals surface area (Å²) < 4.78 is 11.3. The molecule has 0 saturated carbocycles. The lowest BCUT2D eigenvalue weighted by Gasteiger charge is -2.08. The molecule has 2 rings (SSSR count). The van der Waals surface area contributed by atoms with Crippen molar-refractivity contribution >= 4 is 28.1 Å². The quantitative estimate of drug-likeness (QED) is 0.693. The van der Waals surface area contributed by atoms with E-state index < -0.39 is 15.7 Å². The molecule has 1 unspecified atom stereocenters. The molecule has 0 aromatic heterocycles. The Morgan fingerprint density at radius 1 is 1.18 bits per heavy atom. The van der Waals surface area contributed by atoms with E-state index in [-0.39, 0.29) is 11.6 Å². The molecule has 0 aliphatic heterocycles. The number of amides is 1. The summed E-state index contributed by atoms with van der Waals surface area (Å²) in [6, 6.07) is 10.8. The van der Waals surface area contributed by atoms with Gasteiger partial charge in [0.1, 0.15) is 0 Å². The van der Waals surface area contributed by atoms with Crippen molar-refractivity contribution in [3.63, 3.8) is 0 Å². The number of aryl methyl sites for hydroxylation is 1. The Hall–Kier alpha value is -2.54. The molecular formula is C15H14N2O4S. The van der Waals surface area contributed by atoms with Crippen molar-refractivity contribution in [2.24, 2.45) is 0 Å². The first kappa shape index (κ1) is 15.8. The number of benzene rings is 2. The van der Waals surface area contributed by atoms with Gasteiger partial charge >= 0.3 is 0 Å². The van der Waals surface area contributed by atoms with Crippen molar-refractivity contribution in [1.82, 2.24) is 0 Å². The number of hydrogen-bond acceptors (Lipinski definition) is 4. The van der Waals surface area contributed by atoms with Crippen LogP contribution >= 0.6 is 0 Å². The van der Waals surface area contributed by atoms with Gasteiger partial charge in [-0.05, 0) is 42.8 Å². The Morgan fingerprint density at radius 2 is 1.82 bits per heavy atom. The van der Waals surface area contributed by atoms with Crippen molar-refractivity contribution < 1.29 is 13.9 Å². The molecule has 0 radical (unpaired) electrons. The van der Waals surface area contributed by atoms with Crippen molar-refractivity contribution in [2.45, 2.75) is 11.8 Å². The van der Waals surface area contributed by atoms with Crippen LogP contribution in [-0.4, -0.2) is 21.3 Å². The van der Waals surface area contributed by atoms with Crippen LogP contribution < -0.4 is 5.32 Å². The van der Waals surface area contributed by atoms with E-state index in [9.17, 15) is 19.1 Å². The third kappa shape index (κ3) is 3.56. The lowest BCUT2D eigenvalue weighted by molar-refractivity contribution is -0.384. The summed E-state index contributed by atoms with van der Waals surface area (Å²) in [5.41, 5.74) is 1.41. The van der Waals surface area contributed by atoms with Crippen LogP contribution in [0.1, 0.15) is 15.9 Å². The van der Waals surface area contributed by atoms with E-state index in [4.69, 9.17) is 0 Å². The van der Waals surface area contributed by atoms with E-state index in [0.717, 1.165) is 0 Å². The molecule has 1 amide bonds. The summed E-state index contributed by atoms with van der Waals surface area (Å²) in [7, 11) is -1.07. The van der Waals surface area contributed by atoms with Gasteiger partial charge in [0.2, 0.25) is 0 Å². The van der Waals surface area contributed by atoms with E-state index >= 15 is 0 Å². The van der Waals surface area contributed by atoms with Crippen LogP contribution in [0.3, 0.4) is 0 Å². The van der Waals surface area contributed by atoms with Gasteiger partial charge in [-0.3, -0.25) is 19.1 Å². The normalized spacial score (nSPS) is 11.7. The first-order valence-electron chi connectivity index (χ1n) is 6.38. The molecule has 0 spiro atoms. The first-order valence-corrected chi connectivity index (χ1v) is 7.94. The number of non-ortho nitro benzene ring substituents is 1. The Morgan fingerprint density at radius 3 is 2.32 bits per heavy atom. The lowest BCUT2D eigenvalue weighted by Crippen LogP contribution is -2.13. The fraction of sp³-hybridized carbons (Fsp3) is 0.133. The summed E-state index contributed by atoms with van der Waals surface area (Å²) >= 11 is 0. The molecule has 0 bridgehead atoms. The van der Waals surface area contributed by atoms with Gasteiger partial charge in [-0.1, -0.05) is 0 Å². The number of carbonyl (C=O) groups is 1. The molecule has 0 aliphatic rings. The second-order valence-corrected chi connectivity index (χ2v) is 6.07. The molecule has 0 aliphatic carbocycles. The monoisotopic (exact) mass is 318 g/mol. The van der Waals surface area contributed by atoms with Gasteiger partial charge in [0.25, 0.3) is 11.6 Å². The van der Waals surface area contributed by atoms with E-state index in [2.05, 4.69) is 5.32 Å². The minimum atomic E-state index is -1.07. The molecule has 6 nitrogen and oxygen atoms in total. The maximum atomic E-state index is 12.2. The number of carbonyl (C=O) groups excluding carboxylic acids is 1. The largest absolute Gasteiger partial charge is 0.322 e. The third-order valence-electron chi connectivity index (χ3n) is 3.11. The lowest BCUT2D eigenvalue weighted by atomic mass is 10.1. The highest BCUT2D eigenvalue weighted by Crippen LogP contribution is 2.19. The SMILES string of the molecule is Cc1cc([N+](=O)[O-])ccc1C(=O)Nc1ccc(S(C)=O)cc1. The minimum absolute atomic E-state index is 0.0520. The average Bonchev–Trinajstić information content (AvgIpc) is 2.47. The Kier molecular flexibility index (Phi) is 4.67. The highest BCUT2D eigenvalue weighted by Gasteiger charge is 2.13. The summed E-state index contributed by atoms with van der Waals surface area (Å²) in [5, 5.41) is 13.4. The molecule has 1 atom stereocenters. The Bertz CT molecular complexity index is 757. The standard InChI is InChI=1S/C15H14N2O4S/c1-10-9-12(17(19)20)5-8-14(10)15(18)16-11-3-6-13(7-4-11)22(2)21/h3-9H,1-2H3,(H,16,18). The molecular weight excluding hydrogens is 304 g/mol. The van der Waals surface area contributed by atoms with E-state index in [1.54, 1.807) is 37.4 Å². The van der Waals surface area contributed by atoms with Crippen molar-refractivity contribution in [2.75, 3.05) is 11.6 Å². The second-order valence-electron chi connectivity index (χ2n) is 4.69. The number of anilines is 1. The van der Waals surface area contributed by atoms with Gasteiger partial charge in [-0.2, -0.15) is 0 Å². The Balaban J connectivity index is 2.18. The van der Waals surface area contributed by atoms with Gasteiger partial charge < -0.3 is 5.32 Å². The molecule has 2 aromatic carbocycles. The van der Waals surface area contributed by atoms with Gasteiger partial charge in [0.05, 0.1) is 4.92 Å². The fourth-order valence-corrected chi connectivity index (χ4v) is 2.46. The zero-order valence-electron chi connectivity index (χ0n) is 12.0. The van der Waals surface area contributed by atoms with Crippen LogP contribution in [0, 0.1) is 17.0 Å². The number of nitrogens with zero attached hydrogens (tertiary/aromatic N) is 1. The number of hydrogen-bond donors (Lipinski definition) is 1. The second kappa shape index (κ2) is 6.48. The molecule has 1 N–H and O–H groups in total. The minimum Gasteiger partial charge on any atom is -0.322 e. The van der Waals surface area contributed by atoms with Crippen molar-refractivity contribution in [3.05, 3.63) is 63.7 Å². The van der Waals surface area contributed by atoms with Gasteiger partial charge in [0, 0.05) is 45.3 Å². The van der Waals surface area contributed by atoms with E-state index in [1.165, 1.54) is 18.2 Å². The summed E-state index contributed by atoms with van der Waals surface area (Å²) in [6.45, 7) is 1.64. The molecule has 2 aromatic rings. The fourth-order valence-electron chi connectivity index (χ4n) is 1.94. The van der Waals surface area contributed by atoms with Crippen LogP contribution in [0.2, 0.25) is 0 Å². The predicted octanol–water partition coefficient (Wildman–Crippen LogP) is 2.89. The highest BCUT2D eigenvalue weighted by atomic mass is 32.2. The maximum Gasteiger partial charge on any atom is 0.269 e. The summed E-state index contributed by atoms with van der Waals surface area (Å²) in [4.78, 5) is 23.1. The average molecular weight is 318 g/mol. The van der Waals surface area contributed by atoms with Crippen LogP contribution in [0.4, 0.5) is 11.4 Å². The third-order valence-corrected chi connectivity index (χ3v) is 4.05. The number of nitrogens with one attached hydrogen (secondary N) is 1. The van der Waals surface area contributed by atoms with Gasteiger partial charge in [0.15, 0.2) is 0 Å². The van der Waals surface area contributed by atoms with Crippen LogP contribution in [0.15, 0.2) is 47.4 Å². The number of rotatable bonds is 4. The van der Waals surface area contributed by atoms with E-state index in [0.29, 0.717) is 21.7 Å². The smallest absolute Gasteiger partial charge is 0.269 e. The molecule has 0 fully saturated rings. The van der Waals surface area contributed by atoms with Crippen LogP contribution in [0.5, 0.6) is 0 Å². The first-order chi connectivity index (χ1) is 10.4. The zero-order valence-corrected chi connectivity index (χ0v) is 12.8. The maximum absolute atomic E-state index is 12.2. The van der Waals surface area contributed by atoms with E-state index in [1.807, 2.05) is 0 Å². The summed E-state index contributed by atoms with van der Waals surface area (Å²) in [6.07, 6.45) is 1.58. The molecule has 0 heterocycles. The number of nitro benzene ring substituents is 1. The zero-order chi connectivity index (χ0) is 16.3. The number of nitro groups is 1. The molecule has 22 heavy (non-hydrogen) atoms. The predicted molar refractivity (Wildman–Crippen MR) is 84.6 cm³/mol. The van der Waals surface area contributed by atoms with Gasteiger partial charge in [-0.25, -0.2) is 0 Å².